The molecule has 0 saturated carbocycles. The molecular weight excluding hydrogens is 519 g/mol. The Hall–Kier alpha value is -2.80. The Morgan fingerprint density at radius 2 is 1.92 bits per heavy atom. The first-order valence-corrected chi connectivity index (χ1v) is 13.8. The molecule has 208 valence electrons. The van der Waals surface area contributed by atoms with Crippen molar-refractivity contribution in [3.63, 3.8) is 0 Å². The lowest BCUT2D eigenvalue weighted by atomic mass is 10.1. The molecule has 0 radical (unpaired) electrons. The number of nitrogen functional groups attached to an aromatic ring is 1. The number of fused-ring (bicyclic) bond motifs is 1. The lowest BCUT2D eigenvalue weighted by molar-refractivity contribution is -0.200. The summed E-state index contributed by atoms with van der Waals surface area (Å²) < 4.78 is 44.7. The number of anilines is 1. The minimum atomic E-state index is -4.24. The number of para-hydroxylation sites is 1. The maximum atomic E-state index is 13.9. The number of carboxylic acids is 1. The molecule has 0 spiro atoms. The van der Waals surface area contributed by atoms with Gasteiger partial charge in [0.25, 0.3) is 0 Å². The highest BCUT2D eigenvalue weighted by atomic mass is 31.2. The van der Waals surface area contributed by atoms with E-state index in [0.717, 1.165) is 0 Å². The summed E-state index contributed by atoms with van der Waals surface area (Å²) in [5.74, 6) is -1.91. The van der Waals surface area contributed by atoms with E-state index in [4.69, 9.17) is 29.0 Å². The molecule has 2 aromatic rings. The second kappa shape index (κ2) is 11.1. The molecule has 4 rings (SSSR count). The molecule has 14 heteroatoms. The molecule has 0 bridgehead atoms. The van der Waals surface area contributed by atoms with Gasteiger partial charge in [0.1, 0.15) is 35.9 Å². The Labute approximate surface area is 219 Å². The van der Waals surface area contributed by atoms with Crippen LogP contribution in [0.25, 0.3) is 0 Å². The lowest BCUT2D eigenvalue weighted by Crippen LogP contribution is -2.39. The molecule has 0 amide bonds. The second-order valence-corrected chi connectivity index (χ2v) is 11.7. The van der Waals surface area contributed by atoms with Crippen molar-refractivity contribution in [2.24, 2.45) is 5.92 Å². The summed E-state index contributed by atoms with van der Waals surface area (Å²) in [6, 6.07) is 8.53. The van der Waals surface area contributed by atoms with E-state index in [1.807, 2.05) is 13.8 Å². The van der Waals surface area contributed by atoms with Gasteiger partial charge in [-0.2, -0.15) is 10.1 Å². The smallest absolute Gasteiger partial charge is 0.459 e. The molecule has 38 heavy (non-hydrogen) atoms. The van der Waals surface area contributed by atoms with Crippen LogP contribution in [0.2, 0.25) is 0 Å². The highest BCUT2D eigenvalue weighted by Gasteiger charge is 2.56. The summed E-state index contributed by atoms with van der Waals surface area (Å²) in [5.41, 5.74) is 4.98. The summed E-state index contributed by atoms with van der Waals surface area (Å²) in [4.78, 5) is 28.2. The number of carbonyl (C=O) groups is 1. The molecule has 4 N–H and O–H groups in total. The van der Waals surface area contributed by atoms with Crippen molar-refractivity contribution < 1.29 is 37.7 Å². The number of hydrogen-bond donors (Lipinski definition) is 3. The molecule has 1 aromatic carbocycles. The summed E-state index contributed by atoms with van der Waals surface area (Å²) in [7, 11) is -4.24. The molecule has 2 aliphatic heterocycles. The Kier molecular flexibility index (Phi) is 8.26. The maximum absolute atomic E-state index is 13.9. The van der Waals surface area contributed by atoms with Gasteiger partial charge < -0.3 is 29.6 Å². The fourth-order valence-corrected chi connectivity index (χ4v) is 5.91. The fourth-order valence-electron chi connectivity index (χ4n) is 4.39. The van der Waals surface area contributed by atoms with E-state index < -0.39 is 55.8 Å². The molecule has 3 heterocycles. The molecule has 6 atom stereocenters. The molecule has 2 saturated heterocycles. The Bertz CT molecular complexity index is 1240. The Morgan fingerprint density at radius 1 is 1.24 bits per heavy atom. The van der Waals surface area contributed by atoms with E-state index >= 15 is 0 Å². The van der Waals surface area contributed by atoms with Crippen LogP contribution in [0.5, 0.6) is 5.75 Å². The third kappa shape index (κ3) is 6.60. The summed E-state index contributed by atoms with van der Waals surface area (Å²) in [6.45, 7) is 6.82. The molecule has 2 fully saturated rings. The van der Waals surface area contributed by atoms with Crippen LogP contribution in [-0.2, 0) is 28.1 Å². The van der Waals surface area contributed by atoms with Gasteiger partial charge in [0, 0.05) is 6.20 Å². The van der Waals surface area contributed by atoms with Crippen molar-refractivity contribution in [3.8, 4) is 5.75 Å². The van der Waals surface area contributed by atoms with Crippen LogP contribution in [0.15, 0.2) is 47.4 Å². The van der Waals surface area contributed by atoms with Gasteiger partial charge in [0.05, 0.1) is 6.61 Å². The van der Waals surface area contributed by atoms with Gasteiger partial charge in [-0.15, -0.1) is 0 Å². The number of rotatable bonds is 11. The number of nitrogens with two attached hydrogens (primary N) is 1. The largest absolute Gasteiger partial charge is 0.480 e. The highest BCUT2D eigenvalue weighted by molar-refractivity contribution is 7.52. The predicted molar refractivity (Wildman–Crippen MR) is 135 cm³/mol. The minimum Gasteiger partial charge on any atom is -0.480 e. The molecule has 2 aliphatic rings. The number of carboxylic acid groups (broad SMARTS) is 1. The van der Waals surface area contributed by atoms with Gasteiger partial charge in [-0.1, -0.05) is 32.0 Å². The van der Waals surface area contributed by atoms with Crippen LogP contribution in [0, 0.1) is 5.92 Å². The van der Waals surface area contributed by atoms with E-state index in [9.17, 15) is 19.3 Å². The fraction of sp³-hybridized carbons (Fsp3) is 0.542. The van der Waals surface area contributed by atoms with E-state index in [2.05, 4.69) is 10.1 Å². The Balaban J connectivity index is 1.58. The summed E-state index contributed by atoms with van der Waals surface area (Å²) >= 11 is 0. The van der Waals surface area contributed by atoms with Crippen LogP contribution in [0.4, 0.5) is 5.82 Å². The summed E-state index contributed by atoms with van der Waals surface area (Å²) in [5, 5.41) is 12.3. The van der Waals surface area contributed by atoms with Crippen molar-refractivity contribution >= 4 is 19.5 Å². The standard InChI is InChI=1S/C24H33N4O9P/c1-14(2)12-16(22(29)30)27-38(32,37-15-8-6-5-7-9-15)33-13-17-19-20(36-24(3,4)35-19)21(34-17)28-11-10-18(25)26-23(28)31/h5-11,14,16-17,19-21H,12-13H2,1-4H3,(H,27,32)(H,29,30)(H2,25,26,31)/t16-,17+,19+,20+,21+,38?/m0/s1. The number of ether oxygens (including phenoxy) is 3. The van der Waals surface area contributed by atoms with Crippen LogP contribution in [0.3, 0.4) is 0 Å². The van der Waals surface area contributed by atoms with Crippen LogP contribution >= 0.6 is 7.75 Å². The van der Waals surface area contributed by atoms with Crippen molar-refractivity contribution in [2.75, 3.05) is 12.3 Å². The van der Waals surface area contributed by atoms with E-state index in [1.165, 1.54) is 16.8 Å². The average molecular weight is 553 g/mol. The van der Waals surface area contributed by atoms with Crippen molar-refractivity contribution in [2.45, 2.75) is 70.5 Å². The van der Waals surface area contributed by atoms with Gasteiger partial charge in [-0.25, -0.2) is 9.36 Å². The first-order valence-electron chi connectivity index (χ1n) is 12.2. The minimum absolute atomic E-state index is 0.00782. The van der Waals surface area contributed by atoms with Gasteiger partial charge in [0.15, 0.2) is 12.0 Å². The zero-order valence-corrected chi connectivity index (χ0v) is 22.4. The summed E-state index contributed by atoms with van der Waals surface area (Å²) in [6.07, 6.45) is -1.55. The van der Waals surface area contributed by atoms with E-state index in [1.54, 1.807) is 44.2 Å². The predicted octanol–water partition coefficient (Wildman–Crippen LogP) is 2.54. The number of benzene rings is 1. The van der Waals surface area contributed by atoms with Gasteiger partial charge in [0.2, 0.25) is 0 Å². The lowest BCUT2D eigenvalue weighted by Gasteiger charge is -2.27. The molecule has 0 aliphatic carbocycles. The van der Waals surface area contributed by atoms with Crippen molar-refractivity contribution in [3.05, 3.63) is 53.1 Å². The third-order valence-corrected chi connectivity index (χ3v) is 7.52. The number of aliphatic carboxylic acids is 1. The van der Waals surface area contributed by atoms with Gasteiger partial charge in [-0.05, 0) is 44.4 Å². The number of nitrogens with one attached hydrogen (secondary N) is 1. The van der Waals surface area contributed by atoms with Crippen molar-refractivity contribution in [1.82, 2.24) is 14.6 Å². The zero-order chi connectivity index (χ0) is 27.7. The zero-order valence-electron chi connectivity index (χ0n) is 21.6. The average Bonchev–Trinajstić information content (AvgIpc) is 3.30. The van der Waals surface area contributed by atoms with E-state index in [0.29, 0.717) is 0 Å². The van der Waals surface area contributed by atoms with E-state index in [-0.39, 0.29) is 30.5 Å². The monoisotopic (exact) mass is 552 g/mol. The SMILES string of the molecule is CC(C)C[C@H](NP(=O)(OC[C@H]1O[C@@H](n2ccc(N)nc2=O)[C@@H]2OC(C)(C)O[C@@H]21)Oc1ccccc1)C(=O)O. The highest BCUT2D eigenvalue weighted by Crippen LogP contribution is 2.48. The first kappa shape index (κ1) is 28.2. The van der Waals surface area contributed by atoms with Crippen LogP contribution in [0.1, 0.15) is 40.3 Å². The second-order valence-electron chi connectivity index (χ2n) is 10.0. The molecule has 1 aromatic heterocycles. The first-order chi connectivity index (χ1) is 17.9. The van der Waals surface area contributed by atoms with Crippen LogP contribution in [-0.4, -0.2) is 57.4 Å². The maximum Gasteiger partial charge on any atom is 0.459 e. The number of aromatic nitrogens is 2. The third-order valence-electron chi connectivity index (χ3n) is 5.95. The van der Waals surface area contributed by atoms with Crippen molar-refractivity contribution in [1.29, 1.82) is 0 Å². The normalized spacial score (nSPS) is 26.6. The number of nitrogens with zero attached hydrogens (tertiary/aromatic N) is 2. The van der Waals surface area contributed by atoms with Gasteiger partial charge >= 0.3 is 19.4 Å². The molecule has 1 unspecified atom stereocenters. The van der Waals surface area contributed by atoms with Gasteiger partial charge in [-0.3, -0.25) is 13.9 Å². The van der Waals surface area contributed by atoms with Crippen LogP contribution < -0.4 is 21.0 Å². The molecular formula is C24H33N4O9P. The Morgan fingerprint density at radius 3 is 2.55 bits per heavy atom. The molecule has 13 nitrogen and oxygen atoms in total. The number of hydrogen-bond acceptors (Lipinski definition) is 10. The quantitative estimate of drug-likeness (QED) is 0.348. The topological polar surface area (TPSA) is 173 Å².